The molecule has 0 saturated carbocycles. The molecule has 1 heterocycles. The van der Waals surface area contributed by atoms with Crippen LogP contribution in [-0.4, -0.2) is 31.2 Å². The lowest BCUT2D eigenvalue weighted by Gasteiger charge is -2.14. The maximum Gasteiger partial charge on any atom is 0.181 e. The normalized spacial score (nSPS) is 24.6. The van der Waals surface area contributed by atoms with Crippen LogP contribution in [0.25, 0.3) is 0 Å². The van der Waals surface area contributed by atoms with Gasteiger partial charge >= 0.3 is 0 Å². The summed E-state index contributed by atoms with van der Waals surface area (Å²) in [6, 6.07) is 7.67. The van der Waals surface area contributed by atoms with Gasteiger partial charge in [-0.05, 0) is 17.7 Å². The number of hydrogen-bond donors (Lipinski definition) is 1. The number of ether oxygens (including phenoxy) is 3. The first-order chi connectivity index (χ1) is 7.79. The van der Waals surface area contributed by atoms with E-state index < -0.39 is 6.29 Å². The minimum absolute atomic E-state index is 0.206. The number of aliphatic hydroxyl groups excluding tert-OH is 1. The van der Waals surface area contributed by atoms with E-state index in [1.165, 1.54) is 0 Å². The Morgan fingerprint density at radius 3 is 2.69 bits per heavy atom. The number of aliphatic hydroxyl groups is 1. The van der Waals surface area contributed by atoms with Crippen LogP contribution in [0.2, 0.25) is 0 Å². The predicted molar refractivity (Wildman–Crippen MR) is 58.1 cm³/mol. The second-order valence-electron chi connectivity index (χ2n) is 3.75. The molecule has 2 rings (SSSR count). The van der Waals surface area contributed by atoms with Gasteiger partial charge in [-0.15, -0.1) is 0 Å². The molecule has 4 nitrogen and oxygen atoms in total. The van der Waals surface area contributed by atoms with Crippen molar-refractivity contribution < 1.29 is 19.3 Å². The standard InChI is InChI=1S/C12H16O4/c1-14-10-4-2-9(3-5-10)8-16-11-6-7-15-12(11)13/h2-5,11-13H,6-8H2,1H3/t11-,12?/m0/s1. The summed E-state index contributed by atoms with van der Waals surface area (Å²) in [7, 11) is 1.64. The van der Waals surface area contributed by atoms with Crippen LogP contribution >= 0.6 is 0 Å². The van der Waals surface area contributed by atoms with Crippen LogP contribution in [0.15, 0.2) is 24.3 Å². The van der Waals surface area contributed by atoms with Crippen molar-refractivity contribution in [1.82, 2.24) is 0 Å². The van der Waals surface area contributed by atoms with Gasteiger partial charge in [-0.1, -0.05) is 12.1 Å². The van der Waals surface area contributed by atoms with Gasteiger partial charge in [-0.3, -0.25) is 0 Å². The van der Waals surface area contributed by atoms with Crippen molar-refractivity contribution in [3.8, 4) is 5.75 Å². The first kappa shape index (κ1) is 11.4. The Hall–Kier alpha value is -1.10. The lowest BCUT2D eigenvalue weighted by molar-refractivity contribution is -0.131. The number of hydrogen-bond acceptors (Lipinski definition) is 4. The van der Waals surface area contributed by atoms with Gasteiger partial charge in [-0.2, -0.15) is 0 Å². The van der Waals surface area contributed by atoms with Crippen LogP contribution in [0, 0.1) is 0 Å². The molecule has 1 aromatic carbocycles. The first-order valence-electron chi connectivity index (χ1n) is 5.34. The molecule has 1 aliphatic heterocycles. The lowest BCUT2D eigenvalue weighted by Crippen LogP contribution is -2.23. The summed E-state index contributed by atoms with van der Waals surface area (Å²) >= 11 is 0. The van der Waals surface area contributed by atoms with Gasteiger partial charge in [0.15, 0.2) is 6.29 Å². The highest BCUT2D eigenvalue weighted by Crippen LogP contribution is 2.18. The van der Waals surface area contributed by atoms with E-state index in [1.54, 1.807) is 7.11 Å². The Morgan fingerprint density at radius 2 is 2.12 bits per heavy atom. The van der Waals surface area contributed by atoms with Gasteiger partial charge in [0.2, 0.25) is 0 Å². The summed E-state index contributed by atoms with van der Waals surface area (Å²) < 4.78 is 15.6. The van der Waals surface area contributed by atoms with Crippen molar-refractivity contribution in [2.24, 2.45) is 0 Å². The van der Waals surface area contributed by atoms with Gasteiger partial charge < -0.3 is 19.3 Å². The SMILES string of the molecule is COc1ccc(CO[C@H]2CCOC2O)cc1. The number of methoxy groups -OCH3 is 1. The van der Waals surface area contributed by atoms with Crippen LogP contribution < -0.4 is 4.74 Å². The van der Waals surface area contributed by atoms with Crippen molar-refractivity contribution >= 4 is 0 Å². The zero-order chi connectivity index (χ0) is 11.4. The van der Waals surface area contributed by atoms with Gasteiger partial charge in [0, 0.05) is 6.42 Å². The van der Waals surface area contributed by atoms with Gasteiger partial charge in [0.25, 0.3) is 0 Å². The molecule has 1 N–H and O–H groups in total. The highest BCUT2D eigenvalue weighted by Gasteiger charge is 2.26. The van der Waals surface area contributed by atoms with Crippen molar-refractivity contribution in [3.63, 3.8) is 0 Å². The predicted octanol–water partition coefficient (Wildman–Crippen LogP) is 1.32. The van der Waals surface area contributed by atoms with Crippen molar-refractivity contribution in [2.45, 2.75) is 25.4 Å². The monoisotopic (exact) mass is 224 g/mol. The molecule has 0 bridgehead atoms. The van der Waals surface area contributed by atoms with Gasteiger partial charge in [0.05, 0.1) is 20.3 Å². The topological polar surface area (TPSA) is 47.9 Å². The van der Waals surface area contributed by atoms with E-state index in [2.05, 4.69) is 0 Å². The molecule has 1 fully saturated rings. The molecule has 88 valence electrons. The third-order valence-electron chi connectivity index (χ3n) is 2.63. The summed E-state index contributed by atoms with van der Waals surface area (Å²) in [5, 5.41) is 9.38. The third-order valence-corrected chi connectivity index (χ3v) is 2.63. The molecule has 0 spiro atoms. The van der Waals surface area contributed by atoms with Crippen LogP contribution in [0.3, 0.4) is 0 Å². The second-order valence-corrected chi connectivity index (χ2v) is 3.75. The number of benzene rings is 1. The fourth-order valence-corrected chi connectivity index (χ4v) is 1.65. The fourth-order valence-electron chi connectivity index (χ4n) is 1.65. The van der Waals surface area contributed by atoms with E-state index in [9.17, 15) is 5.11 Å². The molecule has 1 saturated heterocycles. The Bertz CT molecular complexity index is 322. The smallest absolute Gasteiger partial charge is 0.181 e. The highest BCUT2D eigenvalue weighted by molar-refractivity contribution is 5.26. The molecule has 0 aliphatic carbocycles. The fraction of sp³-hybridized carbons (Fsp3) is 0.500. The number of rotatable bonds is 4. The van der Waals surface area contributed by atoms with E-state index >= 15 is 0 Å². The molecule has 0 amide bonds. The van der Waals surface area contributed by atoms with E-state index in [4.69, 9.17) is 14.2 Å². The first-order valence-corrected chi connectivity index (χ1v) is 5.34. The molecular weight excluding hydrogens is 208 g/mol. The molecule has 2 atom stereocenters. The summed E-state index contributed by atoms with van der Waals surface area (Å²) in [5.74, 6) is 0.827. The summed E-state index contributed by atoms with van der Waals surface area (Å²) in [6.45, 7) is 1.05. The van der Waals surface area contributed by atoms with Crippen molar-refractivity contribution in [3.05, 3.63) is 29.8 Å². The summed E-state index contributed by atoms with van der Waals surface area (Å²) in [5.41, 5.74) is 1.06. The van der Waals surface area contributed by atoms with Crippen LogP contribution in [-0.2, 0) is 16.1 Å². The molecule has 4 heteroatoms. The van der Waals surface area contributed by atoms with Crippen LogP contribution in [0.5, 0.6) is 5.75 Å². The van der Waals surface area contributed by atoms with E-state index in [-0.39, 0.29) is 6.10 Å². The second kappa shape index (κ2) is 5.30. The summed E-state index contributed by atoms with van der Waals surface area (Å²) in [6.07, 6.45) is -0.238. The average Bonchev–Trinajstić information content (AvgIpc) is 2.73. The van der Waals surface area contributed by atoms with Crippen LogP contribution in [0.4, 0.5) is 0 Å². The molecule has 1 unspecified atom stereocenters. The van der Waals surface area contributed by atoms with Gasteiger partial charge in [0.1, 0.15) is 11.9 Å². The van der Waals surface area contributed by atoms with Crippen molar-refractivity contribution in [2.75, 3.05) is 13.7 Å². The van der Waals surface area contributed by atoms with E-state index in [0.29, 0.717) is 13.2 Å². The zero-order valence-corrected chi connectivity index (χ0v) is 9.26. The molecule has 16 heavy (non-hydrogen) atoms. The van der Waals surface area contributed by atoms with Gasteiger partial charge in [-0.25, -0.2) is 0 Å². The molecular formula is C12H16O4. The van der Waals surface area contributed by atoms with Crippen molar-refractivity contribution in [1.29, 1.82) is 0 Å². The molecule has 0 radical (unpaired) electrons. The van der Waals surface area contributed by atoms with E-state index in [0.717, 1.165) is 17.7 Å². The molecule has 1 aromatic rings. The van der Waals surface area contributed by atoms with E-state index in [1.807, 2.05) is 24.3 Å². The molecule has 1 aliphatic rings. The molecule has 0 aromatic heterocycles. The minimum atomic E-state index is -0.779. The Kier molecular flexibility index (Phi) is 3.77. The Balaban J connectivity index is 1.84. The Morgan fingerprint density at radius 1 is 1.38 bits per heavy atom. The average molecular weight is 224 g/mol. The summed E-state index contributed by atoms with van der Waals surface area (Å²) in [4.78, 5) is 0. The Labute approximate surface area is 94.8 Å². The maximum absolute atomic E-state index is 9.38. The largest absolute Gasteiger partial charge is 0.497 e. The highest BCUT2D eigenvalue weighted by atomic mass is 16.6. The zero-order valence-electron chi connectivity index (χ0n) is 9.26. The minimum Gasteiger partial charge on any atom is -0.497 e. The van der Waals surface area contributed by atoms with Crippen LogP contribution in [0.1, 0.15) is 12.0 Å². The lowest BCUT2D eigenvalue weighted by atomic mass is 10.2. The maximum atomic E-state index is 9.38. The quantitative estimate of drug-likeness (QED) is 0.838. The third kappa shape index (κ3) is 2.72.